The van der Waals surface area contributed by atoms with Gasteiger partial charge in [0.25, 0.3) is 0 Å². The van der Waals surface area contributed by atoms with E-state index in [2.05, 4.69) is 0 Å². The van der Waals surface area contributed by atoms with E-state index in [1.165, 1.54) is 0 Å². The molecule has 4 heteroatoms. The molecular weight excluding hydrogens is 300 g/mol. The van der Waals surface area contributed by atoms with E-state index in [0.29, 0.717) is 16.9 Å². The van der Waals surface area contributed by atoms with E-state index in [1.807, 2.05) is 42.5 Å². The van der Waals surface area contributed by atoms with Gasteiger partial charge in [-0.2, -0.15) is 0 Å². The smallest absolute Gasteiger partial charge is 0.336 e. The maximum Gasteiger partial charge on any atom is 0.336 e. The molecule has 3 aromatic carbocycles. The van der Waals surface area contributed by atoms with Gasteiger partial charge in [-0.15, -0.1) is 0 Å². The van der Waals surface area contributed by atoms with Crippen molar-refractivity contribution in [1.82, 2.24) is 0 Å². The molecule has 1 aliphatic carbocycles. The predicted octanol–water partition coefficient (Wildman–Crippen LogP) is 3.71. The Balaban J connectivity index is 2.05. The van der Waals surface area contributed by atoms with Crippen LogP contribution in [0.25, 0.3) is 11.1 Å². The number of hydrogen-bond acceptors (Lipinski definition) is 3. The van der Waals surface area contributed by atoms with Crippen LogP contribution in [0.4, 0.5) is 11.4 Å². The van der Waals surface area contributed by atoms with Gasteiger partial charge < -0.3 is 16.6 Å². The lowest BCUT2D eigenvalue weighted by Gasteiger charge is -2.17. The number of anilines is 2. The molecule has 118 valence electrons. The fourth-order valence-electron chi connectivity index (χ4n) is 3.62. The number of benzene rings is 3. The predicted molar refractivity (Wildman–Crippen MR) is 95.0 cm³/mol. The Kier molecular flexibility index (Phi) is 3.06. The molecule has 0 bridgehead atoms. The van der Waals surface area contributed by atoms with Crippen LogP contribution in [0.5, 0.6) is 0 Å². The van der Waals surface area contributed by atoms with E-state index in [1.54, 1.807) is 18.2 Å². The van der Waals surface area contributed by atoms with Crippen LogP contribution in [-0.2, 0) is 0 Å². The topological polar surface area (TPSA) is 89.3 Å². The molecule has 3 aromatic rings. The van der Waals surface area contributed by atoms with Gasteiger partial charge in [0.05, 0.1) is 5.56 Å². The van der Waals surface area contributed by atoms with Gasteiger partial charge in [-0.1, -0.05) is 42.5 Å². The summed E-state index contributed by atoms with van der Waals surface area (Å²) in [5.41, 5.74) is 18.3. The number of nitrogens with two attached hydrogens (primary N) is 2. The molecule has 1 aliphatic rings. The average molecular weight is 316 g/mol. The van der Waals surface area contributed by atoms with Crippen molar-refractivity contribution in [3.05, 3.63) is 82.9 Å². The van der Waals surface area contributed by atoms with Gasteiger partial charge in [0.1, 0.15) is 0 Å². The first-order chi connectivity index (χ1) is 11.6. The number of fused-ring (bicyclic) bond motifs is 3. The first kappa shape index (κ1) is 14.3. The molecule has 0 spiro atoms. The van der Waals surface area contributed by atoms with Gasteiger partial charge >= 0.3 is 5.97 Å². The number of carbonyl (C=O) groups is 1. The molecule has 0 aliphatic heterocycles. The summed E-state index contributed by atoms with van der Waals surface area (Å²) in [5.74, 6) is -1.01. The van der Waals surface area contributed by atoms with Crippen molar-refractivity contribution in [1.29, 1.82) is 0 Å². The van der Waals surface area contributed by atoms with E-state index in [9.17, 15) is 9.90 Å². The third-order valence-corrected chi connectivity index (χ3v) is 4.60. The van der Waals surface area contributed by atoms with Crippen LogP contribution < -0.4 is 11.5 Å². The third kappa shape index (κ3) is 1.97. The molecule has 24 heavy (non-hydrogen) atoms. The second-order valence-electron chi connectivity index (χ2n) is 5.98. The summed E-state index contributed by atoms with van der Waals surface area (Å²) in [5, 5.41) is 9.58. The maximum atomic E-state index is 11.7. The molecule has 0 saturated carbocycles. The van der Waals surface area contributed by atoms with Crippen LogP contribution in [0.1, 0.15) is 33.0 Å². The number of rotatable bonds is 2. The highest BCUT2D eigenvalue weighted by atomic mass is 16.4. The van der Waals surface area contributed by atoms with E-state index < -0.39 is 5.97 Å². The Morgan fingerprint density at radius 2 is 1.62 bits per heavy atom. The van der Waals surface area contributed by atoms with Crippen molar-refractivity contribution >= 4 is 17.3 Å². The molecule has 0 saturated heterocycles. The largest absolute Gasteiger partial charge is 0.478 e. The highest BCUT2D eigenvalue weighted by Gasteiger charge is 2.33. The molecule has 1 atom stereocenters. The van der Waals surface area contributed by atoms with Crippen molar-refractivity contribution in [2.24, 2.45) is 0 Å². The molecule has 0 fully saturated rings. The minimum Gasteiger partial charge on any atom is -0.478 e. The second-order valence-corrected chi connectivity index (χ2v) is 5.98. The number of carboxylic acids is 1. The molecule has 1 unspecified atom stereocenters. The minimum absolute atomic E-state index is 0.0869. The zero-order chi connectivity index (χ0) is 16.8. The first-order valence-electron chi connectivity index (χ1n) is 7.68. The molecule has 0 heterocycles. The van der Waals surface area contributed by atoms with Crippen LogP contribution in [0.2, 0.25) is 0 Å². The molecule has 4 rings (SSSR count). The van der Waals surface area contributed by atoms with Crippen molar-refractivity contribution in [2.45, 2.75) is 5.92 Å². The molecule has 0 aromatic heterocycles. The maximum absolute atomic E-state index is 11.7. The van der Waals surface area contributed by atoms with E-state index >= 15 is 0 Å². The molecule has 4 nitrogen and oxygen atoms in total. The first-order valence-corrected chi connectivity index (χ1v) is 7.68. The summed E-state index contributed by atoms with van der Waals surface area (Å²) in [4.78, 5) is 11.7. The van der Waals surface area contributed by atoms with E-state index in [-0.39, 0.29) is 5.92 Å². The van der Waals surface area contributed by atoms with Crippen LogP contribution in [0, 0.1) is 0 Å². The number of aromatic carboxylic acids is 1. The highest BCUT2D eigenvalue weighted by molar-refractivity contribution is 6.00. The Labute approximate surface area is 139 Å². The quantitative estimate of drug-likeness (QED) is 0.492. The Bertz CT molecular complexity index is 979. The zero-order valence-electron chi connectivity index (χ0n) is 12.9. The highest BCUT2D eigenvalue weighted by Crippen LogP contribution is 2.50. The van der Waals surface area contributed by atoms with E-state index in [0.717, 1.165) is 27.8 Å². The summed E-state index contributed by atoms with van der Waals surface area (Å²) in [7, 11) is 0. The van der Waals surface area contributed by atoms with Gasteiger partial charge in [-0.05, 0) is 40.5 Å². The number of carboxylic acid groups (broad SMARTS) is 1. The standard InChI is InChI=1S/C20H16N2O2/c21-11-8-9-14(17(22)10-11)18-12-4-1-2-5-13(12)19-15(18)6-3-7-16(19)20(23)24/h1-10,18H,21-22H2,(H,23,24). The fourth-order valence-corrected chi connectivity index (χ4v) is 3.62. The molecular formula is C20H16N2O2. The van der Waals surface area contributed by atoms with Crippen LogP contribution >= 0.6 is 0 Å². The van der Waals surface area contributed by atoms with Crippen LogP contribution in [-0.4, -0.2) is 11.1 Å². The summed E-state index contributed by atoms with van der Waals surface area (Å²) in [6.45, 7) is 0. The van der Waals surface area contributed by atoms with Crippen molar-refractivity contribution < 1.29 is 9.90 Å². The average Bonchev–Trinajstić information content (AvgIpc) is 2.89. The van der Waals surface area contributed by atoms with E-state index in [4.69, 9.17) is 11.5 Å². The Morgan fingerprint density at radius 3 is 2.38 bits per heavy atom. The molecule has 0 amide bonds. The normalized spacial score (nSPS) is 14.9. The van der Waals surface area contributed by atoms with Crippen molar-refractivity contribution in [3.8, 4) is 11.1 Å². The fraction of sp³-hybridized carbons (Fsp3) is 0.0500. The SMILES string of the molecule is Nc1ccc(C2c3ccccc3-c3c(C(=O)O)cccc32)c(N)c1. The zero-order valence-corrected chi connectivity index (χ0v) is 12.9. The van der Waals surface area contributed by atoms with Gasteiger partial charge in [0.2, 0.25) is 0 Å². The van der Waals surface area contributed by atoms with Crippen molar-refractivity contribution in [3.63, 3.8) is 0 Å². The summed E-state index contributed by atoms with van der Waals surface area (Å²) < 4.78 is 0. The summed E-state index contributed by atoms with van der Waals surface area (Å²) >= 11 is 0. The lowest BCUT2D eigenvalue weighted by Crippen LogP contribution is -2.05. The van der Waals surface area contributed by atoms with Gasteiger partial charge in [-0.25, -0.2) is 4.79 Å². The summed E-state index contributed by atoms with van der Waals surface area (Å²) in [6, 6.07) is 18.8. The lowest BCUT2D eigenvalue weighted by molar-refractivity contribution is 0.0697. The molecule has 0 radical (unpaired) electrons. The van der Waals surface area contributed by atoms with Gasteiger partial charge in [0, 0.05) is 22.9 Å². The minimum atomic E-state index is -0.924. The number of hydrogen-bond donors (Lipinski definition) is 3. The Morgan fingerprint density at radius 1 is 0.875 bits per heavy atom. The lowest BCUT2D eigenvalue weighted by atomic mass is 9.88. The molecule has 5 N–H and O–H groups in total. The second kappa shape index (κ2) is 5.13. The summed E-state index contributed by atoms with van der Waals surface area (Å²) in [6.07, 6.45) is 0. The van der Waals surface area contributed by atoms with Gasteiger partial charge in [0.15, 0.2) is 0 Å². The van der Waals surface area contributed by atoms with Crippen molar-refractivity contribution in [2.75, 3.05) is 11.5 Å². The third-order valence-electron chi connectivity index (χ3n) is 4.60. The van der Waals surface area contributed by atoms with Crippen LogP contribution in [0.3, 0.4) is 0 Å². The Hall–Kier alpha value is -3.27. The van der Waals surface area contributed by atoms with Crippen LogP contribution in [0.15, 0.2) is 60.7 Å². The number of nitrogen functional groups attached to an aromatic ring is 2. The van der Waals surface area contributed by atoms with Gasteiger partial charge in [-0.3, -0.25) is 0 Å². The monoisotopic (exact) mass is 316 g/mol.